The number of aromatic nitrogens is 2. The number of amides is 1. The van der Waals surface area contributed by atoms with Gasteiger partial charge < -0.3 is 28.4 Å². The van der Waals surface area contributed by atoms with E-state index in [-0.39, 0.29) is 19.8 Å². The van der Waals surface area contributed by atoms with Crippen molar-refractivity contribution in [1.82, 2.24) is 9.55 Å². The molecular weight excluding hydrogens is 545 g/mol. The summed E-state index contributed by atoms with van der Waals surface area (Å²) < 4.78 is 47.4. The number of carbonyl (C=O) groups is 3. The highest BCUT2D eigenvalue weighted by Gasteiger charge is 2.50. The van der Waals surface area contributed by atoms with Crippen LogP contribution in [-0.4, -0.2) is 66.1 Å². The number of nitrogens with one attached hydrogen (secondary N) is 1. The molecule has 0 bridgehead atoms. The summed E-state index contributed by atoms with van der Waals surface area (Å²) in [5, 5.41) is 2.10. The summed E-state index contributed by atoms with van der Waals surface area (Å²) in [6, 6.07) is 0. The lowest BCUT2D eigenvalue weighted by atomic mass is 10.1. The largest absolute Gasteiger partial charge is 0.508 e. The Morgan fingerprint density at radius 3 is 1.93 bits per heavy atom. The number of unbranched alkanes of at least 4 members (excludes halogenated alkanes) is 6. The number of nitrogens with zero attached hydrogens (tertiary/aromatic N) is 2. The first kappa shape index (κ1) is 33.8. The van der Waals surface area contributed by atoms with Gasteiger partial charge in [-0.25, -0.2) is 23.6 Å². The third kappa shape index (κ3) is 11.2. The number of anilines is 1. The molecule has 1 saturated heterocycles. The van der Waals surface area contributed by atoms with Gasteiger partial charge in [0.25, 0.3) is 0 Å². The van der Waals surface area contributed by atoms with Crippen LogP contribution in [0.3, 0.4) is 0 Å². The minimum absolute atomic E-state index is 0.0938. The highest BCUT2D eigenvalue weighted by Crippen LogP contribution is 2.34. The summed E-state index contributed by atoms with van der Waals surface area (Å²) in [6.07, 6.45) is -0.0693. The van der Waals surface area contributed by atoms with E-state index in [1.54, 1.807) is 0 Å². The number of hydrogen-bond acceptors (Lipinski definition) is 11. The lowest BCUT2D eigenvalue weighted by Crippen LogP contribution is -2.41. The molecule has 0 radical (unpaired) electrons. The molecule has 4 atom stereocenters. The molecule has 2 heterocycles. The number of halogens is 1. The molecule has 4 unspecified atom stereocenters. The zero-order valence-electron chi connectivity index (χ0n) is 24.2. The van der Waals surface area contributed by atoms with Gasteiger partial charge in [0.05, 0.1) is 32.1 Å². The Morgan fingerprint density at radius 2 is 1.39 bits per heavy atom. The molecule has 1 N–H and O–H groups in total. The van der Waals surface area contributed by atoms with Crippen LogP contribution in [0.25, 0.3) is 0 Å². The van der Waals surface area contributed by atoms with Crippen molar-refractivity contribution in [3.05, 3.63) is 22.5 Å². The van der Waals surface area contributed by atoms with Crippen molar-refractivity contribution in [2.24, 2.45) is 0 Å². The first-order chi connectivity index (χ1) is 19.7. The minimum Gasteiger partial charge on any atom is -0.449 e. The SMILES string of the molecule is CCCCCOC(=O)Nc1nc(=O)n(C2OC(C)C(OC(=O)OCCCCC)C2OC(=O)OCCCCC)cc1F. The number of rotatable bonds is 16. The second kappa shape index (κ2) is 18.1. The Labute approximate surface area is 239 Å². The maximum absolute atomic E-state index is 14.9. The number of hydrogen-bond donors (Lipinski definition) is 1. The Morgan fingerprint density at radius 1 is 0.878 bits per heavy atom. The highest BCUT2D eigenvalue weighted by molar-refractivity contribution is 5.83. The fraction of sp³-hybridized carbons (Fsp3) is 0.741. The van der Waals surface area contributed by atoms with Gasteiger partial charge in [0.1, 0.15) is 0 Å². The van der Waals surface area contributed by atoms with E-state index < -0.39 is 60.3 Å². The van der Waals surface area contributed by atoms with Crippen molar-refractivity contribution in [2.75, 3.05) is 25.1 Å². The molecule has 0 saturated carbocycles. The van der Waals surface area contributed by atoms with Crippen LogP contribution in [0.15, 0.2) is 11.0 Å². The van der Waals surface area contributed by atoms with Crippen LogP contribution in [0.2, 0.25) is 0 Å². The summed E-state index contributed by atoms with van der Waals surface area (Å²) in [4.78, 5) is 53.3. The fourth-order valence-corrected chi connectivity index (χ4v) is 3.99. The Hall–Kier alpha value is -3.42. The maximum atomic E-state index is 14.9. The lowest BCUT2D eigenvalue weighted by molar-refractivity contribution is -0.0655. The van der Waals surface area contributed by atoms with Gasteiger partial charge in [-0.05, 0) is 26.2 Å². The molecule has 1 amide bonds. The van der Waals surface area contributed by atoms with Gasteiger partial charge in [-0.2, -0.15) is 4.98 Å². The van der Waals surface area contributed by atoms with Crippen molar-refractivity contribution in [3.8, 4) is 0 Å². The molecule has 13 nitrogen and oxygen atoms in total. The topological polar surface area (TPSA) is 154 Å². The van der Waals surface area contributed by atoms with Gasteiger partial charge in [-0.3, -0.25) is 9.88 Å². The van der Waals surface area contributed by atoms with Crippen LogP contribution >= 0.6 is 0 Å². The highest BCUT2D eigenvalue weighted by atomic mass is 19.1. The Balaban J connectivity index is 2.21. The molecular formula is C27H42FN3O10. The summed E-state index contributed by atoms with van der Waals surface area (Å²) in [6.45, 7) is 7.86. The maximum Gasteiger partial charge on any atom is 0.508 e. The molecule has 14 heteroatoms. The van der Waals surface area contributed by atoms with Crippen LogP contribution < -0.4 is 11.0 Å². The smallest absolute Gasteiger partial charge is 0.449 e. The first-order valence-electron chi connectivity index (χ1n) is 14.3. The molecule has 1 aromatic heterocycles. The summed E-state index contributed by atoms with van der Waals surface area (Å²) in [7, 11) is 0. The Bertz CT molecular complexity index is 1040. The fourth-order valence-electron chi connectivity index (χ4n) is 3.99. The molecule has 1 aromatic rings. The van der Waals surface area contributed by atoms with Crippen LogP contribution in [0.1, 0.15) is 91.7 Å². The third-order valence-electron chi connectivity index (χ3n) is 6.20. The van der Waals surface area contributed by atoms with Crippen LogP contribution in [0.5, 0.6) is 0 Å². The number of ether oxygens (including phenoxy) is 6. The van der Waals surface area contributed by atoms with E-state index >= 15 is 0 Å². The molecule has 1 fully saturated rings. The summed E-state index contributed by atoms with van der Waals surface area (Å²) in [5.41, 5.74) is -1.03. The zero-order valence-corrected chi connectivity index (χ0v) is 24.2. The summed E-state index contributed by atoms with van der Waals surface area (Å²) >= 11 is 0. The van der Waals surface area contributed by atoms with Crippen molar-refractivity contribution in [3.63, 3.8) is 0 Å². The second-order valence-corrected chi connectivity index (χ2v) is 9.60. The second-order valence-electron chi connectivity index (χ2n) is 9.60. The zero-order chi connectivity index (χ0) is 30.2. The predicted octanol–water partition coefficient (Wildman–Crippen LogP) is 5.46. The van der Waals surface area contributed by atoms with Crippen LogP contribution in [0, 0.1) is 5.82 Å². The van der Waals surface area contributed by atoms with Gasteiger partial charge in [-0.1, -0.05) is 59.3 Å². The molecule has 1 aliphatic heterocycles. The van der Waals surface area contributed by atoms with E-state index in [1.807, 2.05) is 20.8 Å². The van der Waals surface area contributed by atoms with Crippen LogP contribution in [-0.2, 0) is 28.4 Å². The minimum atomic E-state index is -1.43. The monoisotopic (exact) mass is 587 g/mol. The van der Waals surface area contributed by atoms with E-state index in [9.17, 15) is 23.6 Å². The normalized spacial score (nSPS) is 19.8. The van der Waals surface area contributed by atoms with Gasteiger partial charge in [0.2, 0.25) is 0 Å². The number of carbonyl (C=O) groups excluding carboxylic acids is 3. The van der Waals surface area contributed by atoms with Gasteiger partial charge in [0.15, 0.2) is 30.1 Å². The van der Waals surface area contributed by atoms with Gasteiger partial charge in [-0.15, -0.1) is 0 Å². The quantitative estimate of drug-likeness (QED) is 0.149. The molecule has 1 aliphatic rings. The first-order valence-corrected chi connectivity index (χ1v) is 14.3. The van der Waals surface area contributed by atoms with E-state index in [0.29, 0.717) is 19.3 Å². The van der Waals surface area contributed by atoms with Gasteiger partial charge in [0, 0.05) is 0 Å². The molecule has 0 spiro atoms. The van der Waals surface area contributed by atoms with Crippen molar-refractivity contribution in [1.29, 1.82) is 0 Å². The third-order valence-corrected chi connectivity index (χ3v) is 6.20. The Kier molecular flexibility index (Phi) is 14.9. The average molecular weight is 588 g/mol. The summed E-state index contributed by atoms with van der Waals surface area (Å²) in [5.74, 6) is -1.72. The van der Waals surface area contributed by atoms with Crippen molar-refractivity contribution in [2.45, 2.75) is 110 Å². The van der Waals surface area contributed by atoms with Crippen LogP contribution in [0.4, 0.5) is 24.6 Å². The van der Waals surface area contributed by atoms with E-state index in [1.165, 1.54) is 6.92 Å². The molecule has 0 aromatic carbocycles. The molecule has 2 rings (SSSR count). The molecule has 232 valence electrons. The van der Waals surface area contributed by atoms with Crippen molar-refractivity contribution < 1.29 is 47.2 Å². The lowest BCUT2D eigenvalue weighted by Gasteiger charge is -2.24. The standard InChI is InChI=1S/C27H42FN3O10/c1-5-8-11-14-36-25(33)30-22-19(28)17-31(24(32)29-22)23-21(41-27(35)38-16-13-10-7-3)20(18(4)39-23)40-26(34)37-15-12-9-6-2/h17-18,20-21,23H,5-16H2,1-4H3,(H,29,30,32,33). The van der Waals surface area contributed by atoms with E-state index in [0.717, 1.165) is 49.3 Å². The van der Waals surface area contributed by atoms with Gasteiger partial charge >= 0.3 is 24.1 Å². The van der Waals surface area contributed by atoms with E-state index in [4.69, 9.17) is 28.4 Å². The molecule has 41 heavy (non-hydrogen) atoms. The average Bonchev–Trinajstić information content (AvgIpc) is 3.23. The predicted molar refractivity (Wildman–Crippen MR) is 144 cm³/mol. The van der Waals surface area contributed by atoms with E-state index in [2.05, 4.69) is 10.3 Å². The van der Waals surface area contributed by atoms with Crippen molar-refractivity contribution >= 4 is 24.2 Å². The molecule has 0 aliphatic carbocycles.